The van der Waals surface area contributed by atoms with Crippen molar-refractivity contribution in [2.75, 3.05) is 0 Å². The Kier molecular flexibility index (Phi) is 2.24. The quantitative estimate of drug-likeness (QED) is 0.650. The van der Waals surface area contributed by atoms with Crippen molar-refractivity contribution in [3.63, 3.8) is 0 Å². The number of carbonyl (C=O) groups excluding carboxylic acids is 1. The fourth-order valence-corrected chi connectivity index (χ4v) is 0.908. The van der Waals surface area contributed by atoms with Crippen molar-refractivity contribution >= 4 is 5.78 Å². The zero-order valence-electron chi connectivity index (χ0n) is 6.98. The first-order chi connectivity index (χ1) is 5.66. The van der Waals surface area contributed by atoms with Crippen molar-refractivity contribution in [1.82, 2.24) is 9.55 Å². The normalized spacial score (nSPS) is 12.1. The largest absolute Gasteiger partial charge is 0.312 e. The first kappa shape index (κ1) is 8.47. The molecule has 1 aromatic rings. The van der Waals surface area contributed by atoms with Gasteiger partial charge in [-0.25, -0.2) is 4.98 Å². The molecule has 1 heterocycles. The number of ketones is 1. The highest BCUT2D eigenvalue weighted by atomic mass is 16.1. The van der Waals surface area contributed by atoms with Crippen molar-refractivity contribution in [2.24, 2.45) is 0 Å². The lowest BCUT2D eigenvalue weighted by molar-refractivity contribution is -0.119. The molecule has 0 aromatic carbocycles. The van der Waals surface area contributed by atoms with Crippen LogP contribution >= 0.6 is 0 Å². The van der Waals surface area contributed by atoms with Crippen LogP contribution in [0.15, 0.2) is 12.4 Å². The summed E-state index contributed by atoms with van der Waals surface area (Å²) in [5, 5.41) is 8.59. The predicted molar refractivity (Wildman–Crippen MR) is 42.3 cm³/mol. The molecule has 4 heteroatoms. The molecule has 1 rings (SSSR count). The van der Waals surface area contributed by atoms with Crippen molar-refractivity contribution in [3.05, 3.63) is 18.2 Å². The summed E-state index contributed by atoms with van der Waals surface area (Å²) in [5.41, 5.74) is 0. The molecule has 4 nitrogen and oxygen atoms in total. The fourth-order valence-electron chi connectivity index (χ4n) is 0.908. The van der Waals surface area contributed by atoms with Gasteiger partial charge in [-0.3, -0.25) is 4.79 Å². The Labute approximate surface area is 70.4 Å². The fraction of sp³-hybridized carbons (Fsp3) is 0.375. The summed E-state index contributed by atoms with van der Waals surface area (Å²) < 4.78 is 1.56. The average molecular weight is 163 g/mol. The molecule has 0 saturated carbocycles. The summed E-state index contributed by atoms with van der Waals surface area (Å²) in [6.07, 6.45) is 3.14. The van der Waals surface area contributed by atoms with Crippen LogP contribution in [0.3, 0.4) is 0 Å². The lowest BCUT2D eigenvalue weighted by Crippen LogP contribution is -2.13. The van der Waals surface area contributed by atoms with Crippen LogP contribution in [-0.2, 0) is 4.79 Å². The van der Waals surface area contributed by atoms with Gasteiger partial charge in [0, 0.05) is 12.4 Å². The monoisotopic (exact) mass is 163 g/mol. The predicted octanol–water partition coefficient (Wildman–Crippen LogP) is 0.905. The molecule has 12 heavy (non-hydrogen) atoms. The van der Waals surface area contributed by atoms with E-state index >= 15 is 0 Å². The Hall–Kier alpha value is -1.63. The Bertz CT molecular complexity index is 334. The minimum Gasteiger partial charge on any atom is -0.312 e. The second-order valence-corrected chi connectivity index (χ2v) is 2.56. The second-order valence-electron chi connectivity index (χ2n) is 2.56. The van der Waals surface area contributed by atoms with Crippen LogP contribution in [0.5, 0.6) is 0 Å². The summed E-state index contributed by atoms with van der Waals surface area (Å²) >= 11 is 0. The van der Waals surface area contributed by atoms with Gasteiger partial charge in [0.25, 0.3) is 0 Å². The maximum atomic E-state index is 11.0. The zero-order valence-corrected chi connectivity index (χ0v) is 6.98. The molecule has 62 valence electrons. The molecule has 0 spiro atoms. The Morgan fingerprint density at radius 2 is 2.50 bits per heavy atom. The summed E-state index contributed by atoms with van der Waals surface area (Å²) in [7, 11) is 0. The summed E-state index contributed by atoms with van der Waals surface area (Å²) in [4.78, 5) is 14.7. The molecule has 0 amide bonds. The molecular weight excluding hydrogens is 154 g/mol. The topological polar surface area (TPSA) is 58.7 Å². The van der Waals surface area contributed by atoms with Gasteiger partial charge < -0.3 is 4.57 Å². The third-order valence-electron chi connectivity index (χ3n) is 1.77. The van der Waals surface area contributed by atoms with E-state index in [2.05, 4.69) is 4.98 Å². The molecule has 0 aliphatic heterocycles. The number of Topliss-reactive ketones (excluding diaryl/α,β-unsaturated/α-hetero) is 1. The van der Waals surface area contributed by atoms with E-state index in [4.69, 9.17) is 5.26 Å². The smallest absolute Gasteiger partial charge is 0.213 e. The van der Waals surface area contributed by atoms with Crippen LogP contribution in [-0.4, -0.2) is 15.3 Å². The molecule has 1 atom stereocenters. The molecule has 0 fully saturated rings. The van der Waals surface area contributed by atoms with Gasteiger partial charge in [-0.2, -0.15) is 5.26 Å². The highest BCUT2D eigenvalue weighted by molar-refractivity contribution is 5.79. The van der Waals surface area contributed by atoms with E-state index in [9.17, 15) is 4.79 Å². The third kappa shape index (κ3) is 1.35. The molecule has 0 radical (unpaired) electrons. The standard InChI is InChI=1S/C8H9N3O/c1-6(7(2)12)11-4-3-10-8(11)5-9/h3-4,6H,1-2H3. The Balaban J connectivity index is 3.03. The molecule has 0 aliphatic carbocycles. The average Bonchev–Trinajstić information content (AvgIpc) is 2.49. The van der Waals surface area contributed by atoms with Crippen LogP contribution in [0.4, 0.5) is 0 Å². The maximum Gasteiger partial charge on any atom is 0.213 e. The zero-order chi connectivity index (χ0) is 9.14. The Morgan fingerprint density at radius 1 is 1.83 bits per heavy atom. The summed E-state index contributed by atoms with van der Waals surface area (Å²) in [6, 6.07) is 1.61. The number of rotatable bonds is 2. The van der Waals surface area contributed by atoms with Crippen molar-refractivity contribution in [3.8, 4) is 6.07 Å². The number of imidazole rings is 1. The number of carbonyl (C=O) groups is 1. The maximum absolute atomic E-state index is 11.0. The van der Waals surface area contributed by atoms with Crippen molar-refractivity contribution < 1.29 is 4.79 Å². The number of hydrogen-bond donors (Lipinski definition) is 0. The molecule has 0 bridgehead atoms. The van der Waals surface area contributed by atoms with Crippen LogP contribution in [0.2, 0.25) is 0 Å². The highest BCUT2D eigenvalue weighted by Gasteiger charge is 2.12. The van der Waals surface area contributed by atoms with Gasteiger partial charge in [-0.05, 0) is 13.8 Å². The SMILES string of the molecule is CC(=O)C(C)n1ccnc1C#N. The van der Waals surface area contributed by atoms with Crippen molar-refractivity contribution in [2.45, 2.75) is 19.9 Å². The van der Waals surface area contributed by atoms with E-state index in [-0.39, 0.29) is 17.6 Å². The molecule has 0 saturated heterocycles. The van der Waals surface area contributed by atoms with Gasteiger partial charge in [0.05, 0.1) is 6.04 Å². The third-order valence-corrected chi connectivity index (χ3v) is 1.77. The molecular formula is C8H9N3O. The van der Waals surface area contributed by atoms with E-state index < -0.39 is 0 Å². The van der Waals surface area contributed by atoms with Crippen LogP contribution < -0.4 is 0 Å². The van der Waals surface area contributed by atoms with E-state index in [0.29, 0.717) is 0 Å². The van der Waals surface area contributed by atoms with Gasteiger partial charge in [0.2, 0.25) is 5.82 Å². The highest BCUT2D eigenvalue weighted by Crippen LogP contribution is 2.08. The molecule has 0 aliphatic rings. The Morgan fingerprint density at radius 3 is 3.00 bits per heavy atom. The van der Waals surface area contributed by atoms with E-state index in [1.165, 1.54) is 13.1 Å². The second kappa shape index (κ2) is 3.18. The lowest BCUT2D eigenvalue weighted by atomic mass is 10.2. The van der Waals surface area contributed by atoms with Crippen LogP contribution in [0.25, 0.3) is 0 Å². The summed E-state index contributed by atoms with van der Waals surface area (Å²) in [5.74, 6) is 0.294. The van der Waals surface area contributed by atoms with Gasteiger partial charge in [-0.15, -0.1) is 0 Å². The number of hydrogen-bond acceptors (Lipinski definition) is 3. The summed E-state index contributed by atoms with van der Waals surface area (Å²) in [6.45, 7) is 3.23. The number of nitriles is 1. The molecule has 1 aromatic heterocycles. The molecule has 0 N–H and O–H groups in total. The minimum absolute atomic E-state index is 0.0181. The van der Waals surface area contributed by atoms with Gasteiger partial charge in [-0.1, -0.05) is 0 Å². The van der Waals surface area contributed by atoms with Crippen LogP contribution in [0, 0.1) is 11.3 Å². The number of aromatic nitrogens is 2. The first-order valence-corrected chi connectivity index (χ1v) is 3.60. The lowest BCUT2D eigenvalue weighted by Gasteiger charge is -2.08. The van der Waals surface area contributed by atoms with Gasteiger partial charge in [0.15, 0.2) is 5.78 Å². The van der Waals surface area contributed by atoms with Gasteiger partial charge in [0.1, 0.15) is 6.07 Å². The van der Waals surface area contributed by atoms with E-state index in [0.717, 1.165) is 0 Å². The van der Waals surface area contributed by atoms with E-state index in [1.54, 1.807) is 17.7 Å². The minimum atomic E-state index is -0.304. The molecule has 1 unspecified atom stereocenters. The number of nitrogens with zero attached hydrogens (tertiary/aromatic N) is 3. The first-order valence-electron chi connectivity index (χ1n) is 3.60. The van der Waals surface area contributed by atoms with Gasteiger partial charge >= 0.3 is 0 Å². The van der Waals surface area contributed by atoms with Crippen LogP contribution in [0.1, 0.15) is 25.7 Å². The van der Waals surface area contributed by atoms with Crippen molar-refractivity contribution in [1.29, 1.82) is 5.26 Å². The van der Waals surface area contributed by atoms with E-state index in [1.807, 2.05) is 6.07 Å².